The summed E-state index contributed by atoms with van der Waals surface area (Å²) in [7, 11) is -3.95. The molecule has 0 aliphatic rings. The maximum atomic E-state index is 10.9. The number of phosphoric ester groups is 1. The van der Waals surface area contributed by atoms with Gasteiger partial charge in [0.2, 0.25) is 0 Å². The Labute approximate surface area is 71.1 Å². The lowest BCUT2D eigenvalue weighted by Crippen LogP contribution is -2.17. The molecule has 4 nitrogen and oxygen atoms in total. The highest BCUT2D eigenvalue weighted by Gasteiger charge is 2.28. The number of halogens is 1. The van der Waals surface area contributed by atoms with Crippen molar-refractivity contribution >= 4 is 19.4 Å². The average molecular weight is 203 g/mol. The van der Waals surface area contributed by atoms with Gasteiger partial charge in [-0.3, -0.25) is 9.05 Å². The highest BCUT2D eigenvalue weighted by atomic mass is 35.5. The molecule has 0 aliphatic heterocycles. The molecule has 1 unspecified atom stereocenters. The van der Waals surface area contributed by atoms with Gasteiger partial charge >= 0.3 is 7.82 Å². The molecule has 0 amide bonds. The quantitative estimate of drug-likeness (QED) is 0.563. The summed E-state index contributed by atoms with van der Waals surface area (Å²) >= 11 is 5.08. The van der Waals surface area contributed by atoms with Crippen molar-refractivity contribution in [2.45, 2.75) is 26.4 Å². The van der Waals surface area contributed by atoms with Crippen molar-refractivity contribution in [3.8, 4) is 0 Å². The minimum absolute atomic E-state index is 0.357. The molecule has 0 heterocycles. The van der Waals surface area contributed by atoms with Gasteiger partial charge in [-0.25, -0.2) is 4.57 Å². The van der Waals surface area contributed by atoms with E-state index in [9.17, 15) is 4.57 Å². The standard InChI is InChI=1S/C5H12ClO4P/c1-5(2,3)10-11(7,8)9-4-6/h4H2,1-3H3,(H,7,8). The number of alkyl halides is 1. The van der Waals surface area contributed by atoms with E-state index in [1.54, 1.807) is 20.8 Å². The Morgan fingerprint density at radius 3 is 2.27 bits per heavy atom. The van der Waals surface area contributed by atoms with Crippen molar-refractivity contribution in [3.63, 3.8) is 0 Å². The lowest BCUT2D eigenvalue weighted by Gasteiger charge is -2.21. The first-order valence-corrected chi connectivity index (χ1v) is 5.04. The van der Waals surface area contributed by atoms with E-state index in [2.05, 4.69) is 9.05 Å². The fourth-order valence-electron chi connectivity index (χ4n) is 0.434. The highest BCUT2D eigenvalue weighted by Crippen LogP contribution is 2.47. The van der Waals surface area contributed by atoms with Gasteiger partial charge in [-0.2, -0.15) is 0 Å². The van der Waals surface area contributed by atoms with Crippen molar-refractivity contribution in [2.75, 3.05) is 6.07 Å². The number of hydrogen-bond acceptors (Lipinski definition) is 3. The van der Waals surface area contributed by atoms with Crippen molar-refractivity contribution < 1.29 is 18.5 Å². The minimum atomic E-state index is -3.95. The molecule has 6 heteroatoms. The summed E-state index contributed by atoms with van der Waals surface area (Å²) in [5.41, 5.74) is -0.712. The van der Waals surface area contributed by atoms with Crippen molar-refractivity contribution in [1.29, 1.82) is 0 Å². The molecule has 0 fully saturated rings. The maximum Gasteiger partial charge on any atom is 0.473 e. The molecule has 1 N–H and O–H groups in total. The van der Waals surface area contributed by atoms with Gasteiger partial charge in [0.25, 0.3) is 0 Å². The van der Waals surface area contributed by atoms with Crippen LogP contribution in [0.2, 0.25) is 0 Å². The van der Waals surface area contributed by atoms with E-state index in [1.807, 2.05) is 0 Å². The van der Waals surface area contributed by atoms with Gasteiger partial charge in [0, 0.05) is 0 Å². The Bertz CT molecular complexity index is 164. The Kier molecular flexibility index (Phi) is 4.02. The predicted molar refractivity (Wildman–Crippen MR) is 42.5 cm³/mol. The van der Waals surface area contributed by atoms with Gasteiger partial charge in [0.1, 0.15) is 6.07 Å². The second-order valence-corrected chi connectivity index (χ2v) is 4.51. The molecule has 0 radical (unpaired) electrons. The first-order chi connectivity index (χ1) is 4.77. The molecule has 68 valence electrons. The smallest absolute Gasteiger partial charge is 0.302 e. The summed E-state index contributed by atoms with van der Waals surface area (Å²) in [5, 5.41) is 0. The fraction of sp³-hybridized carbons (Fsp3) is 1.00. The third kappa shape index (κ3) is 6.78. The maximum absolute atomic E-state index is 10.9. The molecule has 11 heavy (non-hydrogen) atoms. The summed E-state index contributed by atoms with van der Waals surface area (Å²) in [5.74, 6) is 0. The normalized spacial score (nSPS) is 17.9. The minimum Gasteiger partial charge on any atom is -0.302 e. The van der Waals surface area contributed by atoms with Crippen LogP contribution in [-0.2, 0) is 13.6 Å². The Morgan fingerprint density at radius 2 is 2.00 bits per heavy atom. The molecule has 0 saturated carbocycles. The largest absolute Gasteiger partial charge is 0.473 e. The van der Waals surface area contributed by atoms with Crippen LogP contribution >= 0.6 is 19.4 Å². The zero-order chi connectivity index (χ0) is 9.12. The molecule has 0 bridgehead atoms. The summed E-state index contributed by atoms with van der Waals surface area (Å²) in [6.07, 6.45) is 0. The summed E-state index contributed by atoms with van der Waals surface area (Å²) < 4.78 is 19.8. The van der Waals surface area contributed by atoms with E-state index in [4.69, 9.17) is 16.5 Å². The first-order valence-electron chi connectivity index (χ1n) is 3.01. The van der Waals surface area contributed by atoms with Gasteiger partial charge in [-0.1, -0.05) is 11.6 Å². The zero-order valence-electron chi connectivity index (χ0n) is 6.70. The van der Waals surface area contributed by atoms with Crippen LogP contribution in [0.15, 0.2) is 0 Å². The fourth-order valence-corrected chi connectivity index (χ4v) is 1.67. The van der Waals surface area contributed by atoms with E-state index < -0.39 is 13.4 Å². The van der Waals surface area contributed by atoms with Crippen LogP contribution in [0.4, 0.5) is 0 Å². The molecule has 0 rings (SSSR count). The molecular weight excluding hydrogens is 190 g/mol. The summed E-state index contributed by atoms with van der Waals surface area (Å²) in [4.78, 5) is 8.88. The predicted octanol–water partition coefficient (Wildman–Crippen LogP) is 2.11. The SMILES string of the molecule is CC(C)(C)OP(=O)(O)OCCl. The highest BCUT2D eigenvalue weighted by molar-refractivity contribution is 7.47. The number of rotatable bonds is 3. The summed E-state index contributed by atoms with van der Waals surface area (Å²) in [6.45, 7) is 4.94. The van der Waals surface area contributed by atoms with Gasteiger partial charge < -0.3 is 4.89 Å². The Balaban J connectivity index is 4.03. The van der Waals surface area contributed by atoms with Crippen LogP contribution in [0.3, 0.4) is 0 Å². The third-order valence-corrected chi connectivity index (χ3v) is 2.10. The number of phosphoric acid groups is 1. The second-order valence-electron chi connectivity index (χ2n) is 2.91. The van der Waals surface area contributed by atoms with E-state index in [0.29, 0.717) is 0 Å². The monoisotopic (exact) mass is 202 g/mol. The van der Waals surface area contributed by atoms with Crippen molar-refractivity contribution in [3.05, 3.63) is 0 Å². The lowest BCUT2D eigenvalue weighted by atomic mass is 10.2. The lowest BCUT2D eigenvalue weighted by molar-refractivity contribution is 0.0687. The van der Waals surface area contributed by atoms with E-state index in [1.165, 1.54) is 0 Å². The first kappa shape index (κ1) is 11.4. The van der Waals surface area contributed by atoms with E-state index >= 15 is 0 Å². The van der Waals surface area contributed by atoms with Crippen LogP contribution in [0.5, 0.6) is 0 Å². The number of hydrogen-bond donors (Lipinski definition) is 1. The van der Waals surface area contributed by atoms with Gasteiger partial charge in [0.05, 0.1) is 5.60 Å². The molecular formula is C5H12ClO4P. The van der Waals surface area contributed by atoms with Crippen LogP contribution in [0.1, 0.15) is 20.8 Å². The average Bonchev–Trinajstić information content (AvgIpc) is 1.55. The van der Waals surface area contributed by atoms with Gasteiger partial charge in [-0.15, -0.1) is 0 Å². The van der Waals surface area contributed by atoms with Crippen LogP contribution in [-0.4, -0.2) is 16.6 Å². The molecule has 0 spiro atoms. The topological polar surface area (TPSA) is 55.8 Å². The van der Waals surface area contributed by atoms with Crippen molar-refractivity contribution in [2.24, 2.45) is 0 Å². The van der Waals surface area contributed by atoms with Crippen LogP contribution in [0.25, 0.3) is 0 Å². The third-order valence-electron chi connectivity index (χ3n) is 0.601. The molecule has 0 aromatic rings. The molecule has 1 atom stereocenters. The Hall–Kier alpha value is 0.400. The second kappa shape index (κ2) is 3.87. The molecule has 0 aromatic carbocycles. The molecule has 0 saturated heterocycles. The Morgan fingerprint density at radius 1 is 1.55 bits per heavy atom. The van der Waals surface area contributed by atoms with Gasteiger partial charge in [0.15, 0.2) is 0 Å². The molecule has 0 aliphatic carbocycles. The van der Waals surface area contributed by atoms with E-state index in [0.717, 1.165) is 0 Å². The zero-order valence-corrected chi connectivity index (χ0v) is 8.35. The van der Waals surface area contributed by atoms with Crippen molar-refractivity contribution in [1.82, 2.24) is 0 Å². The van der Waals surface area contributed by atoms with Crippen LogP contribution < -0.4 is 0 Å². The summed E-state index contributed by atoms with van der Waals surface area (Å²) in [6, 6.07) is -0.357. The van der Waals surface area contributed by atoms with Crippen LogP contribution in [0, 0.1) is 0 Å². The molecule has 0 aromatic heterocycles. The van der Waals surface area contributed by atoms with E-state index in [-0.39, 0.29) is 6.07 Å². The van der Waals surface area contributed by atoms with Gasteiger partial charge in [-0.05, 0) is 20.8 Å².